The van der Waals surface area contributed by atoms with Gasteiger partial charge in [0, 0.05) is 43.6 Å². The Morgan fingerprint density at radius 3 is 2.47 bits per heavy atom. The van der Waals surface area contributed by atoms with E-state index in [4.69, 9.17) is 18.6 Å². The molecule has 174 valence electrons. The minimum Gasteiger partial charge on any atom is -0.469 e. The Hall–Kier alpha value is -2.35. The molecule has 1 aromatic rings. The lowest BCUT2D eigenvalue weighted by Gasteiger charge is -2.68. The van der Waals surface area contributed by atoms with Crippen molar-refractivity contribution in [3.05, 3.63) is 23.7 Å². The first-order chi connectivity index (χ1) is 14.9. The molecular weight excluding hydrogens is 416 g/mol. The molecule has 0 radical (unpaired) electrons. The predicted molar refractivity (Wildman–Crippen MR) is 109 cm³/mol. The number of hydrogen-bond acceptors (Lipinski definition) is 8. The lowest BCUT2D eigenvalue weighted by molar-refractivity contribution is -0.311. The molecule has 2 heterocycles. The zero-order valence-corrected chi connectivity index (χ0v) is 19.0. The normalized spacial score (nSPS) is 43.4. The van der Waals surface area contributed by atoms with Crippen LogP contribution in [0.2, 0.25) is 0 Å². The molecule has 1 N–H and O–H groups in total. The van der Waals surface area contributed by atoms with Crippen molar-refractivity contribution in [3.63, 3.8) is 0 Å². The van der Waals surface area contributed by atoms with E-state index < -0.39 is 52.6 Å². The van der Waals surface area contributed by atoms with Gasteiger partial charge in [-0.1, -0.05) is 20.8 Å². The molecule has 8 heteroatoms. The zero-order chi connectivity index (χ0) is 23.2. The standard InChI is InChI=1S/C24H30O8/c1-11(25)30-17-9-22(3,4)24(28)10-16-19-14(23(24,5)20(17)31-12(2)26)8-15-13(6-7-29-15)18(19)21(27)32-16/h6-7,14,16-20,28H,8-10H2,1-5H3/t14-,16-,17-,18+,19-,20-,23-,24+/m0/s1. The van der Waals surface area contributed by atoms with Gasteiger partial charge in [-0.3, -0.25) is 14.4 Å². The van der Waals surface area contributed by atoms with E-state index in [0.717, 1.165) is 5.56 Å². The van der Waals surface area contributed by atoms with Crippen LogP contribution in [0.5, 0.6) is 0 Å². The molecule has 8 nitrogen and oxygen atoms in total. The van der Waals surface area contributed by atoms with E-state index in [1.54, 1.807) is 6.26 Å². The predicted octanol–water partition coefficient (Wildman–Crippen LogP) is 2.51. The fourth-order valence-electron chi connectivity index (χ4n) is 7.55. The van der Waals surface area contributed by atoms with Crippen LogP contribution in [0.4, 0.5) is 0 Å². The average molecular weight is 446 g/mol. The van der Waals surface area contributed by atoms with Crippen LogP contribution in [0.25, 0.3) is 0 Å². The van der Waals surface area contributed by atoms with Crippen LogP contribution >= 0.6 is 0 Å². The van der Waals surface area contributed by atoms with Gasteiger partial charge in [-0.05, 0) is 23.8 Å². The van der Waals surface area contributed by atoms with E-state index in [2.05, 4.69) is 0 Å². The summed E-state index contributed by atoms with van der Waals surface area (Å²) in [5.41, 5.74) is -2.24. The molecule has 0 amide bonds. The molecule has 1 aromatic heterocycles. The Balaban J connectivity index is 1.71. The monoisotopic (exact) mass is 446 g/mol. The number of rotatable bonds is 2. The average Bonchev–Trinajstić information content (AvgIpc) is 3.26. The topological polar surface area (TPSA) is 112 Å². The highest BCUT2D eigenvalue weighted by Gasteiger charge is 2.76. The highest BCUT2D eigenvalue weighted by molar-refractivity contribution is 5.82. The van der Waals surface area contributed by atoms with Crippen LogP contribution in [0.1, 0.15) is 64.7 Å². The third-order valence-corrected chi connectivity index (χ3v) is 8.85. The van der Waals surface area contributed by atoms with Crippen molar-refractivity contribution >= 4 is 17.9 Å². The molecule has 0 bridgehead atoms. The molecule has 3 aliphatic carbocycles. The summed E-state index contributed by atoms with van der Waals surface area (Å²) in [6, 6.07) is 1.82. The number of hydrogen-bond donors (Lipinski definition) is 1. The van der Waals surface area contributed by atoms with Gasteiger partial charge in [0.25, 0.3) is 0 Å². The Labute approximate surface area is 186 Å². The van der Waals surface area contributed by atoms with Crippen molar-refractivity contribution in [2.24, 2.45) is 22.7 Å². The van der Waals surface area contributed by atoms with Gasteiger partial charge in [-0.2, -0.15) is 0 Å². The van der Waals surface area contributed by atoms with Crippen LogP contribution in [-0.4, -0.2) is 46.9 Å². The van der Waals surface area contributed by atoms with E-state index in [9.17, 15) is 19.5 Å². The van der Waals surface area contributed by atoms with Crippen molar-refractivity contribution < 1.29 is 38.1 Å². The number of furan rings is 1. The molecule has 5 rings (SSSR count). The second-order valence-corrected chi connectivity index (χ2v) is 10.8. The molecular formula is C24H30O8. The molecule has 4 aliphatic rings. The molecule has 1 aliphatic heterocycles. The molecule has 0 spiro atoms. The molecule has 0 unspecified atom stereocenters. The van der Waals surface area contributed by atoms with Gasteiger partial charge in [-0.25, -0.2) is 0 Å². The molecule has 1 saturated heterocycles. The second kappa shape index (κ2) is 6.59. The summed E-state index contributed by atoms with van der Waals surface area (Å²) >= 11 is 0. The Morgan fingerprint density at radius 1 is 1.12 bits per heavy atom. The fraction of sp³-hybridized carbons (Fsp3) is 0.708. The molecule has 0 aromatic carbocycles. The quantitative estimate of drug-likeness (QED) is 0.545. The summed E-state index contributed by atoms with van der Waals surface area (Å²) in [6.45, 7) is 8.41. The van der Waals surface area contributed by atoms with Crippen LogP contribution in [0, 0.1) is 22.7 Å². The summed E-state index contributed by atoms with van der Waals surface area (Å²) < 4.78 is 23.1. The van der Waals surface area contributed by atoms with Crippen molar-refractivity contribution in [2.45, 2.75) is 83.7 Å². The van der Waals surface area contributed by atoms with Crippen molar-refractivity contribution in [3.8, 4) is 0 Å². The van der Waals surface area contributed by atoms with E-state index in [1.807, 2.05) is 26.8 Å². The fourth-order valence-corrected chi connectivity index (χ4v) is 7.55. The first-order valence-electron chi connectivity index (χ1n) is 11.2. The first-order valence-corrected chi connectivity index (χ1v) is 11.2. The summed E-state index contributed by atoms with van der Waals surface area (Å²) in [5.74, 6) is -1.57. The summed E-state index contributed by atoms with van der Waals surface area (Å²) in [4.78, 5) is 37.1. The number of aliphatic hydroxyl groups is 1. The van der Waals surface area contributed by atoms with Crippen LogP contribution in [0.3, 0.4) is 0 Å². The van der Waals surface area contributed by atoms with Crippen LogP contribution in [-0.2, 0) is 35.0 Å². The van der Waals surface area contributed by atoms with E-state index in [-0.39, 0.29) is 24.2 Å². The lowest BCUT2D eigenvalue weighted by Crippen LogP contribution is -2.76. The number of carbonyl (C=O) groups excluding carboxylic acids is 3. The number of carbonyl (C=O) groups is 3. The van der Waals surface area contributed by atoms with Gasteiger partial charge in [0.1, 0.15) is 24.1 Å². The number of ether oxygens (including phenoxy) is 3. The van der Waals surface area contributed by atoms with Gasteiger partial charge in [0.15, 0.2) is 0 Å². The second-order valence-electron chi connectivity index (χ2n) is 10.8. The minimum absolute atomic E-state index is 0.192. The van der Waals surface area contributed by atoms with Crippen LogP contribution < -0.4 is 0 Å². The number of esters is 3. The van der Waals surface area contributed by atoms with Gasteiger partial charge in [-0.15, -0.1) is 0 Å². The van der Waals surface area contributed by atoms with Crippen LogP contribution in [0.15, 0.2) is 16.7 Å². The van der Waals surface area contributed by atoms with E-state index in [0.29, 0.717) is 18.6 Å². The maximum absolute atomic E-state index is 13.0. The Bertz CT molecular complexity index is 994. The highest BCUT2D eigenvalue weighted by Crippen LogP contribution is 2.69. The Morgan fingerprint density at radius 2 is 1.81 bits per heavy atom. The highest BCUT2D eigenvalue weighted by atomic mass is 16.6. The van der Waals surface area contributed by atoms with Crippen molar-refractivity contribution in [1.82, 2.24) is 0 Å². The number of fused-ring (bicyclic) bond motifs is 4. The molecule has 8 atom stereocenters. The Kier molecular flexibility index (Phi) is 4.43. The minimum atomic E-state index is -1.35. The third kappa shape index (κ3) is 2.56. The van der Waals surface area contributed by atoms with Gasteiger partial charge in [0.2, 0.25) is 0 Å². The van der Waals surface area contributed by atoms with Crippen molar-refractivity contribution in [2.75, 3.05) is 0 Å². The maximum atomic E-state index is 13.0. The molecule has 3 fully saturated rings. The lowest BCUT2D eigenvalue weighted by atomic mass is 9.40. The largest absolute Gasteiger partial charge is 0.469 e. The summed E-state index contributed by atoms with van der Waals surface area (Å²) in [6.07, 6.45) is 0.551. The SMILES string of the molecule is CC(=O)O[C@H]1CC(C)(C)[C@]2(O)C[C@@H]3OC(=O)[C@@H]4c5ccoc5C[C@@H]([C@@H]34)[C@@]2(C)[C@H]1OC(C)=O. The van der Waals surface area contributed by atoms with E-state index in [1.165, 1.54) is 13.8 Å². The maximum Gasteiger partial charge on any atom is 0.314 e. The molecule has 2 saturated carbocycles. The molecule has 32 heavy (non-hydrogen) atoms. The summed E-state index contributed by atoms with van der Waals surface area (Å²) in [7, 11) is 0. The van der Waals surface area contributed by atoms with Gasteiger partial charge >= 0.3 is 17.9 Å². The smallest absolute Gasteiger partial charge is 0.314 e. The van der Waals surface area contributed by atoms with Crippen molar-refractivity contribution in [1.29, 1.82) is 0 Å². The zero-order valence-electron chi connectivity index (χ0n) is 19.0. The summed E-state index contributed by atoms with van der Waals surface area (Å²) in [5, 5.41) is 12.4. The van der Waals surface area contributed by atoms with E-state index >= 15 is 0 Å². The van der Waals surface area contributed by atoms with Gasteiger partial charge < -0.3 is 23.7 Å². The third-order valence-electron chi connectivity index (χ3n) is 8.85. The first kappa shape index (κ1) is 21.5. The van der Waals surface area contributed by atoms with Gasteiger partial charge in [0.05, 0.1) is 17.8 Å².